The molecule has 0 radical (unpaired) electrons. The average molecular weight is 572 g/mol. The molecule has 220 valence electrons. The molecule has 0 unspecified atom stereocenters. The number of benzene rings is 1. The number of ketones is 3. The summed E-state index contributed by atoms with van der Waals surface area (Å²) in [5, 5.41) is 34.8. The predicted molar refractivity (Wildman–Crippen MR) is 136 cm³/mol. The van der Waals surface area contributed by atoms with Gasteiger partial charge in [-0.1, -0.05) is 0 Å². The van der Waals surface area contributed by atoms with Gasteiger partial charge < -0.3 is 36.4 Å². The van der Waals surface area contributed by atoms with Crippen LogP contribution in [0.25, 0.3) is 0 Å². The SMILES string of the molecule is CC(=O)c1c(O)c(C)c(O)c2c1OC1=CC(=O)/C(=C(/C)NCCCNCCCN)C(=O)[C@@]12C.O=C(O)C(F)(F)F. The number of fused-ring (bicyclic) bond motifs is 3. The molecule has 7 N–H and O–H groups in total. The second kappa shape index (κ2) is 12.5. The predicted octanol–water partition coefficient (Wildman–Crippen LogP) is 2.12. The zero-order valence-electron chi connectivity index (χ0n) is 22.4. The standard InChI is InChI=1S/C24H31N3O6.C2HF3O2/c1-12-20(30)18(14(3)28)22-19(21(12)31)24(4)16(33-22)11-15(29)17(23(24)32)13(2)27-10-6-9-26-8-5-7-25;3-2(4,5)1(6)7/h11,26-27,30-31H,5-10,25H2,1-4H3;(H,6,7)/b17-13+;/t24-;/m0./s1. The van der Waals surface area contributed by atoms with E-state index >= 15 is 0 Å². The summed E-state index contributed by atoms with van der Waals surface area (Å²) in [7, 11) is 0. The van der Waals surface area contributed by atoms with Gasteiger partial charge in [0.1, 0.15) is 34.0 Å². The monoisotopic (exact) mass is 571 g/mol. The molecular formula is C26H32F3N3O8. The molecule has 1 atom stereocenters. The topological polar surface area (TPSA) is 188 Å². The van der Waals surface area contributed by atoms with Gasteiger partial charge in [-0.15, -0.1) is 0 Å². The van der Waals surface area contributed by atoms with E-state index < -0.39 is 40.7 Å². The molecule has 0 spiro atoms. The van der Waals surface area contributed by atoms with Crippen molar-refractivity contribution in [2.75, 3.05) is 26.2 Å². The van der Waals surface area contributed by atoms with Gasteiger partial charge in [0.25, 0.3) is 0 Å². The number of carbonyl (C=O) groups is 4. The van der Waals surface area contributed by atoms with E-state index in [4.69, 9.17) is 20.4 Å². The molecule has 11 nitrogen and oxygen atoms in total. The van der Waals surface area contributed by atoms with Crippen molar-refractivity contribution in [3.05, 3.63) is 39.8 Å². The van der Waals surface area contributed by atoms with Gasteiger partial charge in [-0.2, -0.15) is 13.2 Å². The molecule has 0 fully saturated rings. The number of nitrogens with one attached hydrogen (secondary N) is 2. The number of allylic oxidation sites excluding steroid dienone is 4. The number of rotatable bonds is 9. The van der Waals surface area contributed by atoms with Crippen molar-refractivity contribution in [2.45, 2.75) is 52.1 Å². The average Bonchev–Trinajstić information content (AvgIpc) is 3.14. The zero-order chi connectivity index (χ0) is 30.6. The normalized spacial score (nSPS) is 19.1. The summed E-state index contributed by atoms with van der Waals surface area (Å²) in [6.07, 6.45) is -2.19. The number of phenolic OH excluding ortho intramolecular Hbond substituents is 2. The fourth-order valence-corrected chi connectivity index (χ4v) is 4.29. The van der Waals surface area contributed by atoms with E-state index in [2.05, 4.69) is 10.6 Å². The first kappa shape index (κ1) is 32.3. The first-order valence-corrected chi connectivity index (χ1v) is 12.3. The molecule has 14 heteroatoms. The van der Waals surface area contributed by atoms with Gasteiger partial charge in [-0.05, 0) is 60.2 Å². The van der Waals surface area contributed by atoms with E-state index in [-0.39, 0.29) is 39.5 Å². The lowest BCUT2D eigenvalue weighted by atomic mass is 9.70. The van der Waals surface area contributed by atoms with Crippen LogP contribution < -0.4 is 21.1 Å². The van der Waals surface area contributed by atoms with Crippen molar-refractivity contribution in [1.29, 1.82) is 0 Å². The molecule has 40 heavy (non-hydrogen) atoms. The van der Waals surface area contributed by atoms with Crippen molar-refractivity contribution in [3.63, 3.8) is 0 Å². The molecule has 1 aliphatic carbocycles. The number of phenols is 2. The van der Waals surface area contributed by atoms with E-state index in [1.807, 2.05) is 0 Å². The molecule has 0 saturated heterocycles. The molecule has 1 aromatic carbocycles. The first-order chi connectivity index (χ1) is 18.5. The smallest absolute Gasteiger partial charge is 0.490 e. The van der Waals surface area contributed by atoms with Gasteiger partial charge in [0.2, 0.25) is 0 Å². The van der Waals surface area contributed by atoms with Crippen molar-refractivity contribution in [1.82, 2.24) is 10.6 Å². The lowest BCUT2D eigenvalue weighted by Crippen LogP contribution is -2.41. The number of aromatic hydroxyl groups is 2. The minimum atomic E-state index is -5.08. The number of alkyl halides is 3. The number of Topliss-reactive ketones (excluding diaryl/α,β-unsaturated/α-hetero) is 2. The maximum Gasteiger partial charge on any atom is 0.490 e. The second-order valence-corrected chi connectivity index (χ2v) is 9.36. The van der Waals surface area contributed by atoms with E-state index in [0.29, 0.717) is 18.8 Å². The number of ether oxygens (including phenoxy) is 1. The Kier molecular flexibility index (Phi) is 10.1. The summed E-state index contributed by atoms with van der Waals surface area (Å²) < 4.78 is 37.5. The summed E-state index contributed by atoms with van der Waals surface area (Å²) in [4.78, 5) is 47.6. The highest BCUT2D eigenvalue weighted by molar-refractivity contribution is 6.31. The number of carboxylic acid groups (broad SMARTS) is 1. The largest absolute Gasteiger partial charge is 0.507 e. The van der Waals surface area contributed by atoms with Gasteiger partial charge in [0.15, 0.2) is 17.3 Å². The molecule has 0 amide bonds. The van der Waals surface area contributed by atoms with E-state index in [1.54, 1.807) is 13.8 Å². The molecular weight excluding hydrogens is 539 g/mol. The highest BCUT2D eigenvalue weighted by Crippen LogP contribution is 2.57. The van der Waals surface area contributed by atoms with Crippen molar-refractivity contribution in [3.8, 4) is 17.2 Å². The molecule has 0 aromatic heterocycles. The Morgan fingerprint density at radius 3 is 2.17 bits per heavy atom. The lowest BCUT2D eigenvalue weighted by Gasteiger charge is -2.29. The van der Waals surface area contributed by atoms with E-state index in [1.165, 1.54) is 19.9 Å². The van der Waals surface area contributed by atoms with E-state index in [0.717, 1.165) is 25.9 Å². The van der Waals surface area contributed by atoms with Crippen LogP contribution in [0, 0.1) is 6.92 Å². The maximum atomic E-state index is 13.7. The number of hydrogen-bond donors (Lipinski definition) is 6. The van der Waals surface area contributed by atoms with E-state index in [9.17, 15) is 37.8 Å². The Morgan fingerprint density at radius 1 is 1.07 bits per heavy atom. The summed E-state index contributed by atoms with van der Waals surface area (Å²) in [6.45, 7) is 8.70. The molecule has 1 aliphatic heterocycles. The Labute approximate surface area is 227 Å². The van der Waals surface area contributed by atoms with Crippen LogP contribution in [-0.4, -0.2) is 71.0 Å². The van der Waals surface area contributed by atoms with Crippen LogP contribution >= 0.6 is 0 Å². The van der Waals surface area contributed by atoms with Crippen LogP contribution in [0.3, 0.4) is 0 Å². The summed E-state index contributed by atoms with van der Waals surface area (Å²) in [6, 6.07) is 0. The molecule has 3 rings (SSSR count). The molecule has 1 heterocycles. The van der Waals surface area contributed by atoms with Crippen LogP contribution in [0.4, 0.5) is 13.2 Å². The minimum absolute atomic E-state index is 0.0240. The molecule has 0 bridgehead atoms. The number of hydrogen-bond acceptors (Lipinski definition) is 10. The summed E-state index contributed by atoms with van der Waals surface area (Å²) >= 11 is 0. The quantitative estimate of drug-likeness (QED) is 0.110. The van der Waals surface area contributed by atoms with Crippen LogP contribution in [0.1, 0.15) is 55.1 Å². The van der Waals surface area contributed by atoms with Crippen LogP contribution in [-0.2, 0) is 19.8 Å². The van der Waals surface area contributed by atoms with Gasteiger partial charge in [-0.25, -0.2) is 4.79 Å². The van der Waals surface area contributed by atoms with Gasteiger partial charge >= 0.3 is 12.1 Å². The zero-order valence-corrected chi connectivity index (χ0v) is 22.4. The van der Waals surface area contributed by atoms with Crippen molar-refractivity contribution in [2.24, 2.45) is 5.73 Å². The molecule has 0 saturated carbocycles. The Hall–Kier alpha value is -3.91. The molecule has 2 aliphatic rings. The third kappa shape index (κ3) is 6.28. The molecule has 1 aromatic rings. The lowest BCUT2D eigenvalue weighted by molar-refractivity contribution is -0.192. The number of carbonyl (C=O) groups excluding carboxylic acids is 3. The second-order valence-electron chi connectivity index (χ2n) is 9.36. The number of halogens is 3. The Balaban J connectivity index is 0.000000708. The third-order valence-corrected chi connectivity index (χ3v) is 6.48. The summed E-state index contributed by atoms with van der Waals surface area (Å²) in [5.41, 5.74) is 4.39. The Bertz CT molecular complexity index is 1290. The fraction of sp³-hybridized carbons (Fsp3) is 0.462. The summed E-state index contributed by atoms with van der Waals surface area (Å²) in [5.74, 6) is -5.11. The van der Waals surface area contributed by atoms with Crippen LogP contribution in [0.5, 0.6) is 17.2 Å². The highest BCUT2D eigenvalue weighted by atomic mass is 19.4. The number of carboxylic acids is 1. The van der Waals surface area contributed by atoms with Crippen LogP contribution in [0.15, 0.2) is 23.1 Å². The first-order valence-electron chi connectivity index (χ1n) is 12.3. The van der Waals surface area contributed by atoms with Crippen LogP contribution in [0.2, 0.25) is 0 Å². The fourth-order valence-electron chi connectivity index (χ4n) is 4.29. The van der Waals surface area contributed by atoms with Gasteiger partial charge in [0.05, 0.1) is 11.1 Å². The number of aliphatic carboxylic acids is 1. The van der Waals surface area contributed by atoms with Crippen molar-refractivity contribution < 1.29 is 52.4 Å². The highest BCUT2D eigenvalue weighted by Gasteiger charge is 2.56. The maximum absolute atomic E-state index is 13.7. The minimum Gasteiger partial charge on any atom is -0.507 e. The third-order valence-electron chi connectivity index (χ3n) is 6.48. The number of nitrogens with two attached hydrogens (primary N) is 1. The van der Waals surface area contributed by atoms with Gasteiger partial charge in [-0.3, -0.25) is 14.4 Å². The Morgan fingerprint density at radius 2 is 1.65 bits per heavy atom. The van der Waals surface area contributed by atoms with Crippen molar-refractivity contribution >= 4 is 23.3 Å². The van der Waals surface area contributed by atoms with Gasteiger partial charge in [0, 0.05) is 23.9 Å².